The van der Waals surface area contributed by atoms with Gasteiger partial charge in [-0.1, -0.05) is 31.2 Å². The quantitative estimate of drug-likeness (QED) is 0.358. The summed E-state index contributed by atoms with van der Waals surface area (Å²) in [4.78, 5) is 11.4. The summed E-state index contributed by atoms with van der Waals surface area (Å²) in [6, 6.07) is 12.5. The van der Waals surface area contributed by atoms with Crippen molar-refractivity contribution in [3.05, 3.63) is 70.9 Å². The highest BCUT2D eigenvalue weighted by Crippen LogP contribution is 2.32. The van der Waals surface area contributed by atoms with Crippen LogP contribution < -0.4 is 10.1 Å². The topological polar surface area (TPSA) is 76.4 Å². The van der Waals surface area contributed by atoms with Crippen molar-refractivity contribution in [1.29, 1.82) is 0 Å². The van der Waals surface area contributed by atoms with E-state index < -0.39 is 23.3 Å². The number of nitrogens with zero attached hydrogens (tertiary/aromatic N) is 2. The second-order valence-electron chi connectivity index (χ2n) is 9.37. The number of aryl methyl sites for hydroxylation is 2. The zero-order valence-corrected chi connectivity index (χ0v) is 21.1. The lowest BCUT2D eigenvalue weighted by molar-refractivity contribution is -0.152. The van der Waals surface area contributed by atoms with Gasteiger partial charge < -0.3 is 15.2 Å². The summed E-state index contributed by atoms with van der Waals surface area (Å²) in [5.41, 5.74) is 1.92. The van der Waals surface area contributed by atoms with E-state index in [0.29, 0.717) is 23.4 Å². The highest BCUT2D eigenvalue weighted by Gasteiger charge is 2.31. The molecule has 0 aliphatic heterocycles. The fourth-order valence-electron chi connectivity index (χ4n) is 3.83. The van der Waals surface area contributed by atoms with Gasteiger partial charge in [0, 0.05) is 30.8 Å². The van der Waals surface area contributed by atoms with Crippen LogP contribution in [0.15, 0.2) is 48.5 Å². The van der Waals surface area contributed by atoms with Crippen molar-refractivity contribution in [2.75, 3.05) is 6.54 Å². The Morgan fingerprint density at radius 3 is 2.36 bits per heavy atom. The lowest BCUT2D eigenvalue weighted by Crippen LogP contribution is -2.38. The van der Waals surface area contributed by atoms with E-state index >= 15 is 0 Å². The summed E-state index contributed by atoms with van der Waals surface area (Å²) < 4.78 is 46.2. The molecule has 0 bridgehead atoms. The Morgan fingerprint density at radius 2 is 1.81 bits per heavy atom. The van der Waals surface area contributed by atoms with Gasteiger partial charge in [-0.3, -0.25) is 4.68 Å². The molecule has 6 nitrogen and oxygen atoms in total. The van der Waals surface area contributed by atoms with Crippen LogP contribution in [-0.2, 0) is 24.4 Å². The van der Waals surface area contributed by atoms with E-state index in [4.69, 9.17) is 4.74 Å². The molecule has 0 aliphatic carbocycles. The molecule has 0 amide bonds. The third-order valence-electron chi connectivity index (χ3n) is 6.02. The maximum atomic E-state index is 12.9. The molecular formula is C27H32F3N3O3. The molecule has 3 aromatic rings. The summed E-state index contributed by atoms with van der Waals surface area (Å²) in [6.07, 6.45) is -2.84. The number of hydrogen-bond donors (Lipinski definition) is 2. The van der Waals surface area contributed by atoms with Crippen molar-refractivity contribution in [2.45, 2.75) is 58.4 Å². The van der Waals surface area contributed by atoms with Crippen LogP contribution in [0.2, 0.25) is 0 Å². The fraction of sp³-hybridized carbons (Fsp3) is 0.407. The number of nitrogens with one attached hydrogen (secondary N) is 1. The van der Waals surface area contributed by atoms with Crippen LogP contribution in [0, 0.1) is 6.92 Å². The number of ether oxygens (including phenoxy) is 1. The minimum atomic E-state index is -4.38. The number of hydrogen-bond acceptors (Lipinski definition) is 4. The first-order valence-corrected chi connectivity index (χ1v) is 11.8. The highest BCUT2D eigenvalue weighted by molar-refractivity contribution is 5.76. The van der Waals surface area contributed by atoms with E-state index in [0.717, 1.165) is 41.9 Å². The number of aliphatic carboxylic acids is 1. The molecule has 0 fully saturated rings. The summed E-state index contributed by atoms with van der Waals surface area (Å²) in [5.74, 6) is -0.543. The van der Waals surface area contributed by atoms with Gasteiger partial charge in [-0.05, 0) is 69.1 Å². The first kappa shape index (κ1) is 27.3. The third-order valence-corrected chi connectivity index (χ3v) is 6.02. The number of carbonyl (C=O) groups is 1. The van der Waals surface area contributed by atoms with Crippen LogP contribution in [0.5, 0.6) is 5.75 Å². The Hall–Kier alpha value is -3.33. The van der Waals surface area contributed by atoms with Crippen molar-refractivity contribution in [3.63, 3.8) is 0 Å². The van der Waals surface area contributed by atoms with Gasteiger partial charge in [-0.25, -0.2) is 4.79 Å². The first-order chi connectivity index (χ1) is 16.8. The Kier molecular flexibility index (Phi) is 8.13. The molecule has 1 heterocycles. The molecule has 0 aliphatic rings. The van der Waals surface area contributed by atoms with Crippen molar-refractivity contribution in [3.8, 4) is 17.0 Å². The third kappa shape index (κ3) is 6.46. The Bertz CT molecular complexity index is 1200. The lowest BCUT2D eigenvalue weighted by Gasteiger charge is -2.24. The lowest BCUT2D eigenvalue weighted by atomic mass is 9.98. The summed E-state index contributed by atoms with van der Waals surface area (Å²) in [5, 5.41) is 17.4. The van der Waals surface area contributed by atoms with Crippen LogP contribution in [-0.4, -0.2) is 33.0 Å². The van der Waals surface area contributed by atoms with Crippen molar-refractivity contribution >= 4 is 5.97 Å². The second-order valence-corrected chi connectivity index (χ2v) is 9.37. The van der Waals surface area contributed by atoms with Gasteiger partial charge in [0.05, 0.1) is 11.3 Å². The molecule has 1 atom stereocenters. The highest BCUT2D eigenvalue weighted by atomic mass is 19.4. The van der Waals surface area contributed by atoms with Crippen LogP contribution in [0.25, 0.3) is 11.3 Å². The van der Waals surface area contributed by atoms with Crippen LogP contribution in [0.4, 0.5) is 13.2 Å². The maximum absolute atomic E-state index is 12.9. The van der Waals surface area contributed by atoms with Gasteiger partial charge in [0.2, 0.25) is 0 Å². The van der Waals surface area contributed by atoms with E-state index in [1.165, 1.54) is 26.0 Å². The number of alkyl halides is 3. The minimum absolute atomic E-state index is 0.0546. The predicted molar refractivity (Wildman–Crippen MR) is 132 cm³/mol. The van der Waals surface area contributed by atoms with Gasteiger partial charge in [-0.15, -0.1) is 0 Å². The van der Waals surface area contributed by atoms with E-state index in [2.05, 4.69) is 17.3 Å². The molecule has 1 aromatic heterocycles. The number of halogens is 3. The summed E-state index contributed by atoms with van der Waals surface area (Å²) in [7, 11) is 1.82. The van der Waals surface area contributed by atoms with E-state index in [1.807, 2.05) is 32.2 Å². The van der Waals surface area contributed by atoms with E-state index in [-0.39, 0.29) is 6.04 Å². The zero-order chi connectivity index (χ0) is 26.7. The minimum Gasteiger partial charge on any atom is -0.478 e. The standard InChI is InChI=1S/C27H32F3N3O3/c1-6-13-31-22(19-9-12-24(17(2)14-19)36-26(3,4)25(34)35)15-21-16-23(32-33(21)5)18-7-10-20(11-8-18)27(28,29)30/h7-12,14,16,22,31H,6,13,15H2,1-5H3,(H,34,35). The fourth-order valence-corrected chi connectivity index (χ4v) is 3.83. The number of aromatic nitrogens is 2. The molecule has 3 rings (SSSR count). The molecule has 9 heteroatoms. The molecule has 2 N–H and O–H groups in total. The molecule has 0 saturated heterocycles. The molecule has 1 unspecified atom stereocenters. The smallest absolute Gasteiger partial charge is 0.416 e. The zero-order valence-electron chi connectivity index (χ0n) is 21.1. The predicted octanol–water partition coefficient (Wildman–Crippen LogP) is 5.94. The molecule has 194 valence electrons. The molecule has 0 saturated carbocycles. The molecule has 2 aromatic carbocycles. The average Bonchev–Trinajstić information content (AvgIpc) is 3.17. The van der Waals surface area contributed by atoms with Gasteiger partial charge in [0.25, 0.3) is 0 Å². The maximum Gasteiger partial charge on any atom is 0.416 e. The van der Waals surface area contributed by atoms with Gasteiger partial charge in [-0.2, -0.15) is 18.3 Å². The summed E-state index contributed by atoms with van der Waals surface area (Å²) in [6.45, 7) is 7.75. The van der Waals surface area contributed by atoms with Crippen LogP contribution in [0.3, 0.4) is 0 Å². The largest absolute Gasteiger partial charge is 0.478 e. The van der Waals surface area contributed by atoms with E-state index in [9.17, 15) is 23.1 Å². The van der Waals surface area contributed by atoms with Gasteiger partial charge in [0.15, 0.2) is 5.60 Å². The molecular weight excluding hydrogens is 471 g/mol. The number of rotatable bonds is 10. The summed E-state index contributed by atoms with van der Waals surface area (Å²) >= 11 is 0. The number of benzene rings is 2. The first-order valence-electron chi connectivity index (χ1n) is 11.8. The Balaban J connectivity index is 1.85. The normalized spacial score (nSPS) is 13.0. The van der Waals surface area contributed by atoms with E-state index in [1.54, 1.807) is 10.7 Å². The molecule has 0 spiro atoms. The van der Waals surface area contributed by atoms with Crippen molar-refractivity contribution in [2.24, 2.45) is 7.05 Å². The molecule has 0 radical (unpaired) electrons. The Morgan fingerprint density at radius 1 is 1.14 bits per heavy atom. The monoisotopic (exact) mass is 503 g/mol. The van der Waals surface area contributed by atoms with Crippen LogP contribution in [0.1, 0.15) is 55.6 Å². The van der Waals surface area contributed by atoms with Gasteiger partial charge >= 0.3 is 12.1 Å². The van der Waals surface area contributed by atoms with Crippen molar-refractivity contribution < 1.29 is 27.8 Å². The number of carboxylic acids is 1. The average molecular weight is 504 g/mol. The Labute approximate surface area is 209 Å². The second kappa shape index (κ2) is 10.7. The SMILES string of the molecule is CCCNC(Cc1cc(-c2ccc(C(F)(F)F)cc2)nn1C)c1ccc(OC(C)(C)C(=O)O)c(C)c1. The van der Waals surface area contributed by atoms with Crippen LogP contribution >= 0.6 is 0 Å². The number of carboxylic acid groups (broad SMARTS) is 1. The van der Waals surface area contributed by atoms with Crippen molar-refractivity contribution in [1.82, 2.24) is 15.1 Å². The van der Waals surface area contributed by atoms with Gasteiger partial charge in [0.1, 0.15) is 5.75 Å². The molecule has 36 heavy (non-hydrogen) atoms.